The summed E-state index contributed by atoms with van der Waals surface area (Å²) in [7, 11) is -8.07. The zero-order chi connectivity index (χ0) is 32.9. The standard InChI is InChI=1S/C21H27ClN2O4S.C8H10ClNO3S/c1-12(2)16-7-6-8-17(13(3)4)20(16)23-21(26)24-29(27,28)19-11-15(14(5)25)9-10-18(19)22;1-5(11)6-2-3-7(9)8(4-6)14(10,12)13/h6-14,25H,1-5H3,(H2,23,24,26);2-5,11H,1H3,(H2,10,12,13). The lowest BCUT2D eigenvalue weighted by Crippen LogP contribution is -2.35. The van der Waals surface area contributed by atoms with Crippen LogP contribution in [0.1, 0.15) is 87.8 Å². The van der Waals surface area contributed by atoms with Gasteiger partial charge < -0.3 is 15.5 Å². The van der Waals surface area contributed by atoms with Crippen molar-refractivity contribution in [2.45, 2.75) is 75.4 Å². The van der Waals surface area contributed by atoms with Crippen molar-refractivity contribution in [2.75, 3.05) is 5.32 Å². The maximum absolute atomic E-state index is 12.7. The number of urea groups is 1. The molecule has 2 atom stereocenters. The summed E-state index contributed by atoms with van der Waals surface area (Å²) in [5.41, 5.74) is 3.27. The minimum absolute atomic E-state index is 0.0415. The number of aliphatic hydroxyl groups is 2. The Labute approximate surface area is 263 Å². The number of anilines is 1. The third-order valence-electron chi connectivity index (χ3n) is 6.31. The average molecular weight is 675 g/mol. The van der Waals surface area contributed by atoms with Crippen LogP contribution in [0.5, 0.6) is 0 Å². The molecule has 14 heteroatoms. The van der Waals surface area contributed by atoms with E-state index in [9.17, 15) is 31.8 Å². The maximum Gasteiger partial charge on any atom is 0.333 e. The van der Waals surface area contributed by atoms with Gasteiger partial charge in [-0.15, -0.1) is 0 Å². The quantitative estimate of drug-likeness (QED) is 0.189. The molecule has 0 saturated heterocycles. The van der Waals surface area contributed by atoms with E-state index in [2.05, 4.69) is 5.32 Å². The number of hydrogen-bond acceptors (Lipinski definition) is 7. The highest BCUT2D eigenvalue weighted by molar-refractivity contribution is 7.90. The van der Waals surface area contributed by atoms with Crippen LogP contribution in [0.2, 0.25) is 10.0 Å². The molecule has 0 bridgehead atoms. The fraction of sp³-hybridized carbons (Fsp3) is 0.345. The third-order valence-corrected chi connectivity index (χ3v) is 9.51. The van der Waals surface area contributed by atoms with E-state index in [0.717, 1.165) is 11.1 Å². The molecule has 2 amide bonds. The molecule has 0 spiro atoms. The number of halogens is 2. The van der Waals surface area contributed by atoms with Crippen LogP contribution in [0.4, 0.5) is 10.5 Å². The van der Waals surface area contributed by atoms with Crippen molar-refractivity contribution < 1.29 is 31.8 Å². The summed E-state index contributed by atoms with van der Waals surface area (Å²) in [6.45, 7) is 11.0. The van der Waals surface area contributed by atoms with Crippen LogP contribution in [0, 0.1) is 0 Å². The number of carbonyl (C=O) groups is 1. The highest BCUT2D eigenvalue weighted by atomic mass is 35.5. The summed E-state index contributed by atoms with van der Waals surface area (Å²) < 4.78 is 49.6. The van der Waals surface area contributed by atoms with Gasteiger partial charge in [0.25, 0.3) is 10.0 Å². The summed E-state index contributed by atoms with van der Waals surface area (Å²) in [5, 5.41) is 26.6. The monoisotopic (exact) mass is 673 g/mol. The Morgan fingerprint density at radius 2 is 1.16 bits per heavy atom. The number of rotatable bonds is 8. The molecule has 0 heterocycles. The first-order valence-electron chi connectivity index (χ1n) is 13.2. The minimum atomic E-state index is -4.24. The first kappa shape index (κ1) is 36.5. The predicted octanol–water partition coefficient (Wildman–Crippen LogP) is 6.19. The van der Waals surface area contributed by atoms with Gasteiger partial charge in [-0.2, -0.15) is 0 Å². The summed E-state index contributed by atoms with van der Waals surface area (Å²) in [4.78, 5) is 12.1. The Kier molecular flexibility index (Phi) is 12.6. The van der Waals surface area contributed by atoms with E-state index in [-0.39, 0.29) is 31.7 Å². The number of aliphatic hydroxyl groups excluding tert-OH is 2. The van der Waals surface area contributed by atoms with Crippen LogP contribution in [0.3, 0.4) is 0 Å². The van der Waals surface area contributed by atoms with Crippen molar-refractivity contribution in [3.63, 3.8) is 0 Å². The van der Waals surface area contributed by atoms with Crippen LogP contribution in [0.25, 0.3) is 0 Å². The van der Waals surface area contributed by atoms with Gasteiger partial charge in [0.05, 0.1) is 22.3 Å². The molecule has 0 saturated carbocycles. The Balaban J connectivity index is 0.000000385. The first-order valence-corrected chi connectivity index (χ1v) is 17.0. The van der Waals surface area contributed by atoms with Gasteiger partial charge in [-0.05, 0) is 72.2 Å². The zero-order valence-corrected chi connectivity index (χ0v) is 27.7. The number of amides is 2. The molecule has 0 aliphatic rings. The second-order valence-corrected chi connectivity index (χ2v) is 14.5. The zero-order valence-electron chi connectivity index (χ0n) is 24.6. The Hall–Kier alpha value is -2.71. The van der Waals surface area contributed by atoms with Crippen LogP contribution in [-0.2, 0) is 20.0 Å². The minimum Gasteiger partial charge on any atom is -0.389 e. The molecule has 2 unspecified atom stereocenters. The lowest BCUT2D eigenvalue weighted by Gasteiger charge is -2.20. The number of carbonyl (C=O) groups excluding carboxylic acids is 1. The topological polar surface area (TPSA) is 176 Å². The highest BCUT2D eigenvalue weighted by Crippen LogP contribution is 2.33. The van der Waals surface area contributed by atoms with Crippen molar-refractivity contribution in [2.24, 2.45) is 5.14 Å². The number of nitrogens with one attached hydrogen (secondary N) is 2. The predicted molar refractivity (Wildman–Crippen MR) is 170 cm³/mol. The Morgan fingerprint density at radius 3 is 1.56 bits per heavy atom. The van der Waals surface area contributed by atoms with E-state index in [4.69, 9.17) is 28.3 Å². The molecule has 43 heavy (non-hydrogen) atoms. The van der Waals surface area contributed by atoms with Crippen LogP contribution < -0.4 is 15.2 Å². The second-order valence-electron chi connectivity index (χ2n) is 10.5. The maximum atomic E-state index is 12.7. The van der Waals surface area contributed by atoms with E-state index in [1.165, 1.54) is 44.2 Å². The molecule has 236 valence electrons. The SMILES string of the molecule is CC(C)c1cccc(C(C)C)c1NC(=O)NS(=O)(=O)c1cc(C(C)O)ccc1Cl.CC(O)c1ccc(Cl)c(S(N)(=O)=O)c1. The largest absolute Gasteiger partial charge is 0.389 e. The first-order chi connectivity index (χ1) is 19.8. The fourth-order valence-electron chi connectivity index (χ4n) is 4.00. The lowest BCUT2D eigenvalue weighted by atomic mass is 9.93. The van der Waals surface area contributed by atoms with E-state index in [1.807, 2.05) is 50.6 Å². The molecule has 0 radical (unpaired) electrons. The van der Waals surface area contributed by atoms with Gasteiger partial charge in [0.1, 0.15) is 9.79 Å². The average Bonchev–Trinajstić information content (AvgIpc) is 2.87. The molecule has 3 aromatic carbocycles. The normalized spacial score (nSPS) is 13.2. The van der Waals surface area contributed by atoms with Crippen molar-refractivity contribution >= 4 is 55.0 Å². The van der Waals surface area contributed by atoms with E-state index >= 15 is 0 Å². The molecule has 6 N–H and O–H groups in total. The summed E-state index contributed by atoms with van der Waals surface area (Å²) in [5.74, 6) is 0.274. The van der Waals surface area contributed by atoms with Crippen molar-refractivity contribution in [3.05, 3.63) is 86.9 Å². The van der Waals surface area contributed by atoms with Gasteiger partial charge in [-0.1, -0.05) is 81.2 Å². The third kappa shape index (κ3) is 9.90. The van der Waals surface area contributed by atoms with Crippen LogP contribution in [0.15, 0.2) is 64.4 Å². The summed E-state index contributed by atoms with van der Waals surface area (Å²) >= 11 is 11.7. The van der Waals surface area contributed by atoms with E-state index < -0.39 is 38.3 Å². The Bertz CT molecular complexity index is 1650. The molecule has 3 rings (SSSR count). The molecule has 3 aromatic rings. The van der Waals surface area contributed by atoms with Gasteiger partial charge in [0, 0.05) is 5.69 Å². The molecule has 0 fully saturated rings. The molecule has 10 nitrogen and oxygen atoms in total. The van der Waals surface area contributed by atoms with Crippen molar-refractivity contribution in [1.82, 2.24) is 4.72 Å². The smallest absolute Gasteiger partial charge is 0.333 e. The van der Waals surface area contributed by atoms with Gasteiger partial charge >= 0.3 is 6.03 Å². The fourth-order valence-corrected chi connectivity index (χ4v) is 6.52. The number of nitrogens with two attached hydrogens (primary N) is 1. The highest BCUT2D eigenvalue weighted by Gasteiger charge is 2.24. The summed E-state index contributed by atoms with van der Waals surface area (Å²) in [6, 6.07) is 13.2. The number of benzene rings is 3. The van der Waals surface area contributed by atoms with Gasteiger partial charge in [-0.25, -0.2) is 31.5 Å². The number of para-hydroxylation sites is 1. The Morgan fingerprint density at radius 1 is 0.744 bits per heavy atom. The lowest BCUT2D eigenvalue weighted by molar-refractivity contribution is 0.198. The van der Waals surface area contributed by atoms with Crippen LogP contribution in [-0.4, -0.2) is 33.1 Å². The van der Waals surface area contributed by atoms with Gasteiger partial charge in [0.15, 0.2) is 0 Å². The second kappa shape index (κ2) is 14.8. The summed E-state index contributed by atoms with van der Waals surface area (Å²) in [6.07, 6.45) is -1.63. The molecule has 0 aromatic heterocycles. The molecular formula is C29H37Cl2N3O7S2. The van der Waals surface area contributed by atoms with E-state index in [1.54, 1.807) is 6.07 Å². The number of sulfonamides is 2. The van der Waals surface area contributed by atoms with Gasteiger partial charge in [0.2, 0.25) is 10.0 Å². The molecular weight excluding hydrogens is 637 g/mol. The number of primary sulfonamides is 1. The number of hydrogen-bond donors (Lipinski definition) is 5. The van der Waals surface area contributed by atoms with Crippen molar-refractivity contribution in [1.29, 1.82) is 0 Å². The van der Waals surface area contributed by atoms with E-state index in [0.29, 0.717) is 16.8 Å². The van der Waals surface area contributed by atoms with Gasteiger partial charge in [-0.3, -0.25) is 0 Å². The molecule has 0 aliphatic carbocycles. The van der Waals surface area contributed by atoms with Crippen molar-refractivity contribution in [3.8, 4) is 0 Å². The molecule has 0 aliphatic heterocycles. The van der Waals surface area contributed by atoms with Crippen LogP contribution >= 0.6 is 23.2 Å².